The Kier molecular flexibility index (Phi) is 4.10. The van der Waals surface area contributed by atoms with Gasteiger partial charge in [-0.05, 0) is 37.7 Å². The van der Waals surface area contributed by atoms with E-state index in [2.05, 4.69) is 0 Å². The van der Waals surface area contributed by atoms with Crippen LogP contribution in [0, 0.1) is 29.2 Å². The van der Waals surface area contributed by atoms with E-state index in [4.69, 9.17) is 0 Å². The van der Waals surface area contributed by atoms with Crippen molar-refractivity contribution in [1.29, 1.82) is 0 Å². The van der Waals surface area contributed by atoms with E-state index in [0.717, 1.165) is 38.5 Å². The third kappa shape index (κ3) is 2.48. The van der Waals surface area contributed by atoms with Crippen LogP contribution in [0.1, 0.15) is 48.9 Å². The lowest BCUT2D eigenvalue weighted by Gasteiger charge is -2.44. The summed E-state index contributed by atoms with van der Waals surface area (Å²) >= 11 is 0. The van der Waals surface area contributed by atoms with Crippen LogP contribution in [-0.4, -0.2) is 23.4 Å². The first kappa shape index (κ1) is 15.3. The Morgan fingerprint density at radius 2 is 1.64 bits per heavy atom. The molecule has 1 aliphatic heterocycles. The van der Waals surface area contributed by atoms with Gasteiger partial charge in [0.05, 0.1) is 5.56 Å². The molecule has 1 aromatic rings. The molecule has 0 bridgehead atoms. The van der Waals surface area contributed by atoms with Crippen LogP contribution in [0.2, 0.25) is 0 Å². The molecule has 1 aromatic carbocycles. The summed E-state index contributed by atoms with van der Waals surface area (Å²) in [5.74, 6) is -7.35. The number of carbonyl (C=O) groups excluding carboxylic acids is 1. The van der Waals surface area contributed by atoms with Crippen LogP contribution in [-0.2, 0) is 0 Å². The van der Waals surface area contributed by atoms with Gasteiger partial charge in [-0.2, -0.15) is 0 Å². The molecule has 22 heavy (non-hydrogen) atoms. The summed E-state index contributed by atoms with van der Waals surface area (Å²) in [7, 11) is 0. The fourth-order valence-corrected chi connectivity index (χ4v) is 3.76. The zero-order valence-corrected chi connectivity index (χ0v) is 12.0. The number of halogens is 4. The summed E-state index contributed by atoms with van der Waals surface area (Å²) in [5.41, 5.74) is -0.720. The minimum absolute atomic E-state index is 0.00873. The summed E-state index contributed by atoms with van der Waals surface area (Å²) in [5, 5.41) is 0. The zero-order chi connectivity index (χ0) is 15.9. The van der Waals surface area contributed by atoms with E-state index in [1.54, 1.807) is 0 Å². The van der Waals surface area contributed by atoms with Crippen molar-refractivity contribution in [3.8, 4) is 0 Å². The maximum Gasteiger partial charge on any atom is 0.257 e. The molecule has 0 aromatic heterocycles. The molecule has 0 N–H and O–H groups in total. The van der Waals surface area contributed by atoms with Gasteiger partial charge in [0.1, 0.15) is 0 Å². The fourth-order valence-electron chi connectivity index (χ4n) is 3.76. The van der Waals surface area contributed by atoms with Crippen molar-refractivity contribution < 1.29 is 22.4 Å². The van der Waals surface area contributed by atoms with Gasteiger partial charge in [0.2, 0.25) is 0 Å². The lowest BCUT2D eigenvalue weighted by molar-refractivity contribution is 0.0384. The molecule has 2 aliphatic rings. The largest absolute Gasteiger partial charge is 0.335 e. The van der Waals surface area contributed by atoms with E-state index < -0.39 is 34.7 Å². The second kappa shape index (κ2) is 5.89. The van der Waals surface area contributed by atoms with Crippen LogP contribution >= 0.6 is 0 Å². The SMILES string of the molecule is O=C(c1cc(F)c(F)c(F)c1F)N1CCCC2CCCCC21. The van der Waals surface area contributed by atoms with Gasteiger partial charge in [-0.3, -0.25) is 4.79 Å². The second-order valence-corrected chi connectivity index (χ2v) is 6.10. The van der Waals surface area contributed by atoms with Crippen molar-refractivity contribution in [2.45, 2.75) is 44.6 Å². The molecule has 2 atom stereocenters. The molecule has 6 heteroatoms. The Balaban J connectivity index is 1.93. The molecule has 1 saturated heterocycles. The van der Waals surface area contributed by atoms with Gasteiger partial charge in [0.25, 0.3) is 5.91 Å². The highest BCUT2D eigenvalue weighted by atomic mass is 19.2. The first-order valence-electron chi connectivity index (χ1n) is 7.64. The Bertz CT molecular complexity index is 602. The number of amides is 1. The number of rotatable bonds is 1. The van der Waals surface area contributed by atoms with Crippen molar-refractivity contribution in [2.75, 3.05) is 6.54 Å². The monoisotopic (exact) mass is 315 g/mol. The number of hydrogen-bond acceptors (Lipinski definition) is 1. The highest BCUT2D eigenvalue weighted by Gasteiger charge is 2.37. The van der Waals surface area contributed by atoms with E-state index in [-0.39, 0.29) is 6.04 Å². The van der Waals surface area contributed by atoms with Crippen molar-refractivity contribution in [1.82, 2.24) is 4.90 Å². The molecule has 2 nitrogen and oxygen atoms in total. The first-order chi connectivity index (χ1) is 10.5. The molecule has 0 spiro atoms. The van der Waals surface area contributed by atoms with Gasteiger partial charge in [-0.25, -0.2) is 17.6 Å². The summed E-state index contributed by atoms with van der Waals surface area (Å²) in [6.45, 7) is 0.444. The van der Waals surface area contributed by atoms with E-state index in [0.29, 0.717) is 18.5 Å². The number of nitrogens with zero attached hydrogens (tertiary/aromatic N) is 1. The Morgan fingerprint density at radius 1 is 0.955 bits per heavy atom. The molecule has 120 valence electrons. The van der Waals surface area contributed by atoms with Crippen LogP contribution in [0.15, 0.2) is 6.07 Å². The molecule has 1 saturated carbocycles. The Morgan fingerprint density at radius 3 is 2.41 bits per heavy atom. The normalized spacial score (nSPS) is 25.0. The number of carbonyl (C=O) groups is 1. The van der Waals surface area contributed by atoms with E-state index in [1.165, 1.54) is 4.90 Å². The number of likely N-dealkylation sites (tertiary alicyclic amines) is 1. The number of benzene rings is 1. The number of hydrogen-bond donors (Lipinski definition) is 0. The maximum absolute atomic E-state index is 13.8. The van der Waals surface area contributed by atoms with Crippen molar-refractivity contribution in [3.63, 3.8) is 0 Å². The first-order valence-corrected chi connectivity index (χ1v) is 7.64. The molecular weight excluding hydrogens is 298 g/mol. The van der Waals surface area contributed by atoms with Crippen LogP contribution in [0.25, 0.3) is 0 Å². The average molecular weight is 315 g/mol. The molecule has 1 heterocycles. The zero-order valence-electron chi connectivity index (χ0n) is 12.0. The molecule has 3 rings (SSSR count). The molecule has 2 unspecified atom stereocenters. The van der Waals surface area contributed by atoms with Gasteiger partial charge in [-0.15, -0.1) is 0 Å². The summed E-state index contributed by atoms with van der Waals surface area (Å²) in [6.07, 6.45) is 5.74. The summed E-state index contributed by atoms with van der Waals surface area (Å²) < 4.78 is 53.6. The van der Waals surface area contributed by atoms with Crippen LogP contribution in [0.3, 0.4) is 0 Å². The van der Waals surface area contributed by atoms with Crippen molar-refractivity contribution >= 4 is 5.91 Å². The van der Waals surface area contributed by atoms with Gasteiger partial charge < -0.3 is 4.90 Å². The molecule has 1 aliphatic carbocycles. The predicted molar refractivity (Wildman–Crippen MR) is 72.3 cm³/mol. The fraction of sp³-hybridized carbons (Fsp3) is 0.562. The lowest BCUT2D eigenvalue weighted by atomic mass is 9.78. The van der Waals surface area contributed by atoms with Gasteiger partial charge >= 0.3 is 0 Å². The molecular formula is C16H17F4NO. The summed E-state index contributed by atoms with van der Waals surface area (Å²) in [4.78, 5) is 14.0. The van der Waals surface area contributed by atoms with E-state index in [9.17, 15) is 22.4 Å². The number of fused-ring (bicyclic) bond motifs is 1. The third-order valence-electron chi connectivity index (χ3n) is 4.84. The standard InChI is InChI=1S/C16H17F4NO/c17-11-8-10(13(18)15(20)14(11)19)16(22)21-7-3-5-9-4-1-2-6-12(9)21/h8-9,12H,1-7H2. The van der Waals surface area contributed by atoms with Crippen molar-refractivity contribution in [2.24, 2.45) is 5.92 Å². The van der Waals surface area contributed by atoms with Gasteiger partial charge in [0.15, 0.2) is 23.3 Å². The highest BCUT2D eigenvalue weighted by molar-refractivity contribution is 5.94. The minimum atomic E-state index is -1.93. The van der Waals surface area contributed by atoms with Crippen LogP contribution < -0.4 is 0 Å². The van der Waals surface area contributed by atoms with Gasteiger partial charge in [-0.1, -0.05) is 12.8 Å². The van der Waals surface area contributed by atoms with Gasteiger partial charge in [0, 0.05) is 12.6 Å². The molecule has 2 fully saturated rings. The Hall–Kier alpha value is -1.59. The molecule has 1 amide bonds. The topological polar surface area (TPSA) is 20.3 Å². The second-order valence-electron chi connectivity index (χ2n) is 6.10. The minimum Gasteiger partial charge on any atom is -0.335 e. The summed E-state index contributed by atoms with van der Waals surface area (Å²) in [6, 6.07) is 0.452. The quantitative estimate of drug-likeness (QED) is 0.435. The smallest absolute Gasteiger partial charge is 0.257 e. The van der Waals surface area contributed by atoms with Crippen molar-refractivity contribution in [3.05, 3.63) is 34.9 Å². The maximum atomic E-state index is 13.8. The van der Waals surface area contributed by atoms with Crippen LogP contribution in [0.5, 0.6) is 0 Å². The predicted octanol–water partition coefficient (Wildman–Crippen LogP) is 4.04. The average Bonchev–Trinajstić information content (AvgIpc) is 2.55. The van der Waals surface area contributed by atoms with Crippen LogP contribution in [0.4, 0.5) is 17.6 Å². The lowest BCUT2D eigenvalue weighted by Crippen LogP contribution is -2.49. The highest BCUT2D eigenvalue weighted by Crippen LogP contribution is 2.36. The third-order valence-corrected chi connectivity index (χ3v) is 4.84. The van der Waals surface area contributed by atoms with E-state index >= 15 is 0 Å². The Labute approximate surface area is 126 Å². The van der Waals surface area contributed by atoms with E-state index in [1.807, 2.05) is 0 Å². The molecule has 0 radical (unpaired) electrons. The number of piperidine rings is 1.